The Morgan fingerprint density at radius 2 is 1.67 bits per heavy atom. The summed E-state index contributed by atoms with van der Waals surface area (Å²) < 4.78 is 1.98. The van der Waals surface area contributed by atoms with Crippen molar-refractivity contribution >= 4 is 23.3 Å². The molecule has 1 amide bonds. The molecule has 1 fully saturated rings. The smallest absolute Gasteiger partial charge is 0.326 e. The van der Waals surface area contributed by atoms with Crippen LogP contribution in [0.15, 0.2) is 79.0 Å². The fourth-order valence-electron chi connectivity index (χ4n) is 4.85. The van der Waals surface area contributed by atoms with E-state index in [-0.39, 0.29) is 6.42 Å². The summed E-state index contributed by atoms with van der Waals surface area (Å²) in [5.74, 6) is -0.589. The maximum atomic E-state index is 13.0. The number of fused-ring (bicyclic) bond motifs is 1. The zero-order valence-corrected chi connectivity index (χ0v) is 20.1. The van der Waals surface area contributed by atoms with Crippen molar-refractivity contribution in [2.75, 3.05) is 5.32 Å². The minimum Gasteiger partial charge on any atom is -0.480 e. The summed E-state index contributed by atoms with van der Waals surface area (Å²) >= 11 is 0. The van der Waals surface area contributed by atoms with Crippen LogP contribution in [0.2, 0.25) is 0 Å². The number of anilines is 1. The number of hydrogen-bond donors (Lipinski definition) is 3. The van der Waals surface area contributed by atoms with E-state index in [2.05, 4.69) is 10.6 Å². The van der Waals surface area contributed by atoms with E-state index < -0.39 is 17.9 Å². The summed E-state index contributed by atoms with van der Waals surface area (Å²) in [5.41, 5.74) is 3.69. The highest BCUT2D eigenvalue weighted by molar-refractivity contribution is 5.97. The van der Waals surface area contributed by atoms with E-state index in [0.717, 1.165) is 35.5 Å². The van der Waals surface area contributed by atoms with Crippen LogP contribution >= 0.6 is 0 Å². The van der Waals surface area contributed by atoms with Gasteiger partial charge in [-0.1, -0.05) is 79.9 Å². The van der Waals surface area contributed by atoms with E-state index in [9.17, 15) is 14.7 Å². The molecule has 0 radical (unpaired) electrons. The highest BCUT2D eigenvalue weighted by Gasteiger charge is 2.23. The molecule has 1 unspecified atom stereocenters. The minimum atomic E-state index is -1.07. The van der Waals surface area contributed by atoms with Gasteiger partial charge in [0.25, 0.3) is 5.91 Å². The maximum absolute atomic E-state index is 13.0. The Bertz CT molecular complexity index is 1350. The summed E-state index contributed by atoms with van der Waals surface area (Å²) in [4.78, 5) is 29.8. The van der Waals surface area contributed by atoms with E-state index in [1.54, 1.807) is 12.1 Å². The number of imidazole rings is 1. The van der Waals surface area contributed by atoms with Crippen LogP contribution in [0.3, 0.4) is 0 Å². The van der Waals surface area contributed by atoms with Crippen molar-refractivity contribution < 1.29 is 14.7 Å². The van der Waals surface area contributed by atoms with Gasteiger partial charge in [0.1, 0.15) is 23.2 Å². The van der Waals surface area contributed by atoms with Gasteiger partial charge in [0.2, 0.25) is 0 Å². The Labute approximate surface area is 210 Å². The van der Waals surface area contributed by atoms with Crippen molar-refractivity contribution in [3.63, 3.8) is 0 Å². The lowest BCUT2D eigenvalue weighted by Gasteiger charge is -2.24. The van der Waals surface area contributed by atoms with Gasteiger partial charge in [-0.05, 0) is 30.5 Å². The Kier molecular flexibility index (Phi) is 6.98. The van der Waals surface area contributed by atoms with Gasteiger partial charge in [-0.15, -0.1) is 0 Å². The molecule has 1 atom stereocenters. The number of nitrogens with zero attached hydrogens (tertiary/aromatic N) is 2. The van der Waals surface area contributed by atoms with Crippen molar-refractivity contribution in [3.05, 3.63) is 90.1 Å². The number of amides is 1. The van der Waals surface area contributed by atoms with Crippen LogP contribution in [0.25, 0.3) is 16.9 Å². The van der Waals surface area contributed by atoms with Crippen LogP contribution in [-0.2, 0) is 11.2 Å². The van der Waals surface area contributed by atoms with Crippen molar-refractivity contribution in [2.45, 2.75) is 50.6 Å². The molecule has 3 N–H and O–H groups in total. The molecule has 0 saturated heterocycles. The fraction of sp³-hybridized carbons (Fsp3) is 0.276. The highest BCUT2D eigenvalue weighted by Crippen LogP contribution is 2.31. The number of aliphatic carboxylic acids is 1. The van der Waals surface area contributed by atoms with E-state index in [1.165, 1.54) is 19.3 Å². The Morgan fingerprint density at radius 1 is 0.972 bits per heavy atom. The molecule has 2 heterocycles. The molecule has 0 aliphatic heterocycles. The van der Waals surface area contributed by atoms with Crippen LogP contribution in [0, 0.1) is 0 Å². The first-order chi connectivity index (χ1) is 17.6. The number of pyridine rings is 1. The van der Waals surface area contributed by atoms with Gasteiger partial charge in [0.05, 0.1) is 0 Å². The van der Waals surface area contributed by atoms with E-state index in [4.69, 9.17) is 4.98 Å². The summed E-state index contributed by atoms with van der Waals surface area (Å²) in [5, 5.41) is 16.1. The third-order valence-electron chi connectivity index (χ3n) is 6.77. The quantitative estimate of drug-likeness (QED) is 0.322. The van der Waals surface area contributed by atoms with Gasteiger partial charge in [-0.2, -0.15) is 0 Å². The topological polar surface area (TPSA) is 95.7 Å². The largest absolute Gasteiger partial charge is 0.480 e. The predicted octanol–water partition coefficient (Wildman–Crippen LogP) is 5.17. The molecule has 7 heteroatoms. The Balaban J connectivity index is 1.44. The maximum Gasteiger partial charge on any atom is 0.326 e. The van der Waals surface area contributed by atoms with E-state index in [0.29, 0.717) is 17.3 Å². The molecule has 7 nitrogen and oxygen atoms in total. The second-order valence-corrected chi connectivity index (χ2v) is 9.35. The number of carbonyl (C=O) groups is 2. The third-order valence-corrected chi connectivity index (χ3v) is 6.77. The van der Waals surface area contributed by atoms with Crippen molar-refractivity contribution in [1.82, 2.24) is 14.7 Å². The van der Waals surface area contributed by atoms with Gasteiger partial charge in [-0.25, -0.2) is 9.78 Å². The molecule has 2 aromatic heterocycles. The van der Waals surface area contributed by atoms with Crippen LogP contribution in [-0.4, -0.2) is 38.5 Å². The zero-order valence-electron chi connectivity index (χ0n) is 20.1. The average Bonchev–Trinajstić information content (AvgIpc) is 3.27. The molecular formula is C29H30N4O3. The molecule has 1 saturated carbocycles. The molecule has 1 aliphatic carbocycles. The molecule has 36 heavy (non-hydrogen) atoms. The van der Waals surface area contributed by atoms with Gasteiger partial charge in [0, 0.05) is 29.8 Å². The van der Waals surface area contributed by atoms with Gasteiger partial charge in [0.15, 0.2) is 0 Å². The number of carbonyl (C=O) groups excluding carboxylic acids is 1. The number of aromatic nitrogens is 2. The molecule has 1 aliphatic rings. The average molecular weight is 483 g/mol. The SMILES string of the molecule is O=C(NC(Cc1ccccc1)C(=O)O)c1ccn2c(NC3CCCCC3)c(-c3ccccc3)nc2c1. The highest BCUT2D eigenvalue weighted by atomic mass is 16.4. The first-order valence-electron chi connectivity index (χ1n) is 12.5. The Hall–Kier alpha value is -4.13. The molecule has 0 spiro atoms. The van der Waals surface area contributed by atoms with Gasteiger partial charge >= 0.3 is 5.97 Å². The monoisotopic (exact) mass is 482 g/mol. The van der Waals surface area contributed by atoms with Crippen molar-refractivity contribution in [1.29, 1.82) is 0 Å². The number of benzene rings is 2. The van der Waals surface area contributed by atoms with Crippen molar-refractivity contribution in [2.24, 2.45) is 0 Å². The lowest BCUT2D eigenvalue weighted by molar-refractivity contribution is -0.139. The third kappa shape index (κ3) is 5.25. The van der Waals surface area contributed by atoms with E-state index >= 15 is 0 Å². The first kappa shape index (κ1) is 23.6. The summed E-state index contributed by atoms with van der Waals surface area (Å²) in [7, 11) is 0. The van der Waals surface area contributed by atoms with Gasteiger partial charge < -0.3 is 15.7 Å². The van der Waals surface area contributed by atoms with Crippen LogP contribution in [0.5, 0.6) is 0 Å². The van der Waals surface area contributed by atoms with E-state index in [1.807, 2.05) is 71.3 Å². The molecule has 4 aromatic rings. The standard InChI is InChI=1S/C29H30N4O3/c34-28(31-24(29(35)36)18-20-10-4-1-5-11-20)22-16-17-33-25(19-22)32-26(21-12-6-2-7-13-21)27(33)30-23-14-8-3-9-15-23/h1-2,4-7,10-13,16-17,19,23-24,30H,3,8-9,14-15,18H2,(H,31,34)(H,35,36). The molecule has 5 rings (SSSR count). The minimum absolute atomic E-state index is 0.209. The molecular weight excluding hydrogens is 452 g/mol. The Morgan fingerprint density at radius 3 is 2.36 bits per heavy atom. The lowest BCUT2D eigenvalue weighted by atomic mass is 9.95. The second-order valence-electron chi connectivity index (χ2n) is 9.35. The number of hydrogen-bond acceptors (Lipinski definition) is 4. The van der Waals surface area contributed by atoms with Crippen LogP contribution in [0.1, 0.15) is 48.0 Å². The normalized spacial score (nSPS) is 14.9. The number of carboxylic acids is 1. The van der Waals surface area contributed by atoms with Crippen LogP contribution < -0.4 is 10.6 Å². The summed E-state index contributed by atoms with van der Waals surface area (Å²) in [6.45, 7) is 0. The van der Waals surface area contributed by atoms with Crippen LogP contribution in [0.4, 0.5) is 5.82 Å². The molecule has 184 valence electrons. The molecule has 2 aromatic carbocycles. The predicted molar refractivity (Wildman–Crippen MR) is 140 cm³/mol. The first-order valence-corrected chi connectivity index (χ1v) is 12.5. The number of rotatable bonds is 8. The van der Waals surface area contributed by atoms with Crippen molar-refractivity contribution in [3.8, 4) is 11.3 Å². The lowest BCUT2D eigenvalue weighted by Crippen LogP contribution is -2.42. The molecule has 0 bridgehead atoms. The second kappa shape index (κ2) is 10.6. The zero-order chi connectivity index (χ0) is 24.9. The number of carboxylic acid groups (broad SMARTS) is 1. The fourth-order valence-corrected chi connectivity index (χ4v) is 4.85. The number of nitrogens with one attached hydrogen (secondary N) is 2. The van der Waals surface area contributed by atoms with Gasteiger partial charge in [-0.3, -0.25) is 9.20 Å². The summed E-state index contributed by atoms with van der Waals surface area (Å²) in [6, 6.07) is 22.1. The summed E-state index contributed by atoms with van der Waals surface area (Å²) in [6.07, 6.45) is 8.00.